The molecule has 0 bridgehead atoms. The third-order valence-corrected chi connectivity index (χ3v) is 9.57. The number of rotatable bonds is 14. The number of carbonyl (C=O) groups excluding carboxylic acids is 2. The van der Waals surface area contributed by atoms with Crippen LogP contribution in [0.3, 0.4) is 0 Å². The van der Waals surface area contributed by atoms with Gasteiger partial charge in [-0.2, -0.15) is 0 Å². The van der Waals surface area contributed by atoms with Gasteiger partial charge in [0.05, 0.1) is 0 Å². The second kappa shape index (κ2) is 14.1. The number of hydrogen-bond acceptors (Lipinski definition) is 4. The zero-order chi connectivity index (χ0) is 29.4. The minimum absolute atomic E-state index is 0.0522. The Morgan fingerprint density at radius 1 is 0.744 bits per heavy atom. The molecule has 0 N–H and O–H groups in total. The molecule has 0 unspecified atom stereocenters. The Bertz CT molecular complexity index is 909. The Morgan fingerprint density at radius 3 is 1.41 bits per heavy atom. The van der Waals surface area contributed by atoms with E-state index in [2.05, 4.69) is 79.3 Å². The highest BCUT2D eigenvalue weighted by Crippen LogP contribution is 2.49. The van der Waals surface area contributed by atoms with Gasteiger partial charge in [-0.1, -0.05) is 63.5 Å². The second-order valence-corrected chi connectivity index (χ2v) is 12.7. The number of carbonyl (C=O) groups is 2. The maximum atomic E-state index is 12.3. The zero-order valence-corrected chi connectivity index (χ0v) is 25.1. The van der Waals surface area contributed by atoms with Crippen molar-refractivity contribution in [3.8, 4) is 0 Å². The van der Waals surface area contributed by atoms with E-state index in [1.54, 1.807) is 0 Å². The third kappa shape index (κ3) is 8.68. The average Bonchev–Trinajstić information content (AvgIpc) is 2.90. The van der Waals surface area contributed by atoms with Crippen LogP contribution in [0.25, 0.3) is 0 Å². The normalized spacial score (nSPS) is 30.5. The molecule has 0 radical (unpaired) electrons. The molecule has 0 spiro atoms. The molecule has 4 nitrogen and oxygen atoms in total. The molecule has 4 heteroatoms. The maximum Gasteiger partial charge on any atom is 0.306 e. The summed E-state index contributed by atoms with van der Waals surface area (Å²) in [6.07, 6.45) is 10.8. The molecular formula is C35H52O4. The van der Waals surface area contributed by atoms with Gasteiger partial charge in [0.25, 0.3) is 0 Å². The van der Waals surface area contributed by atoms with Gasteiger partial charge in [-0.15, -0.1) is 13.2 Å². The molecule has 2 aliphatic rings. The summed E-state index contributed by atoms with van der Waals surface area (Å²) in [7, 11) is 0. The van der Waals surface area contributed by atoms with Crippen LogP contribution in [-0.2, 0) is 19.1 Å². The minimum atomic E-state index is -0.310. The van der Waals surface area contributed by atoms with Crippen molar-refractivity contribution in [2.45, 2.75) is 85.5 Å². The van der Waals surface area contributed by atoms with E-state index in [9.17, 15) is 9.59 Å². The van der Waals surface area contributed by atoms with Crippen molar-refractivity contribution in [2.24, 2.45) is 34.5 Å². The quantitative estimate of drug-likeness (QED) is 0.164. The summed E-state index contributed by atoms with van der Waals surface area (Å²) in [6, 6.07) is 0. The average molecular weight is 537 g/mol. The first-order valence-electron chi connectivity index (χ1n) is 14.5. The smallest absolute Gasteiger partial charge is 0.306 e. The summed E-state index contributed by atoms with van der Waals surface area (Å²) in [6.45, 7) is 34.0. The Morgan fingerprint density at radius 2 is 1.10 bits per heavy atom. The van der Waals surface area contributed by atoms with Crippen LogP contribution in [-0.4, -0.2) is 25.2 Å². The highest BCUT2D eigenvalue weighted by molar-refractivity contribution is 5.72. The van der Waals surface area contributed by atoms with Crippen molar-refractivity contribution < 1.29 is 19.1 Å². The van der Waals surface area contributed by atoms with Gasteiger partial charge in [-0.25, -0.2) is 0 Å². The summed E-state index contributed by atoms with van der Waals surface area (Å²) in [5.74, 6) is 0.680. The van der Waals surface area contributed by atoms with Crippen LogP contribution in [0.1, 0.15) is 85.5 Å². The number of esters is 2. The number of allylic oxidation sites excluding steroid dienone is 4. The largest absolute Gasteiger partial charge is 0.461 e. The molecule has 39 heavy (non-hydrogen) atoms. The van der Waals surface area contributed by atoms with Crippen LogP contribution in [0.5, 0.6) is 0 Å². The topological polar surface area (TPSA) is 52.6 Å². The fourth-order valence-electron chi connectivity index (χ4n) is 6.52. The molecule has 0 aromatic heterocycles. The van der Waals surface area contributed by atoms with Crippen molar-refractivity contribution in [3.05, 3.63) is 73.9 Å². The van der Waals surface area contributed by atoms with Crippen LogP contribution in [0, 0.1) is 34.5 Å². The lowest BCUT2D eigenvalue weighted by molar-refractivity contribution is -0.144. The number of hydrogen-bond donors (Lipinski definition) is 0. The molecular weight excluding hydrogens is 484 g/mol. The van der Waals surface area contributed by atoms with Crippen LogP contribution in [0.15, 0.2) is 73.9 Å². The SMILES string of the molecule is C=C[C@]1(C)CC[C@@H](C(=C)COC(=O)CCCC(=O)OCC(=C)[C@@H]2CC[C@@](C)(C=C)[C@H](C(=C)C)C2)C[C@H]1C(=C)C. The van der Waals surface area contributed by atoms with E-state index >= 15 is 0 Å². The first-order chi connectivity index (χ1) is 18.3. The van der Waals surface area contributed by atoms with Crippen molar-refractivity contribution in [3.63, 3.8) is 0 Å². The van der Waals surface area contributed by atoms with E-state index in [1.165, 1.54) is 0 Å². The lowest BCUT2D eigenvalue weighted by Gasteiger charge is -2.43. The van der Waals surface area contributed by atoms with Gasteiger partial charge in [0.1, 0.15) is 13.2 Å². The molecule has 0 aliphatic heterocycles. The Hall–Kier alpha value is -2.62. The lowest BCUT2D eigenvalue weighted by Crippen LogP contribution is -2.34. The van der Waals surface area contributed by atoms with E-state index in [-0.39, 0.29) is 48.8 Å². The van der Waals surface area contributed by atoms with Gasteiger partial charge in [-0.3, -0.25) is 9.59 Å². The first kappa shape index (κ1) is 32.6. The Kier molecular flexibility index (Phi) is 11.8. The lowest BCUT2D eigenvalue weighted by atomic mass is 9.61. The van der Waals surface area contributed by atoms with Gasteiger partial charge >= 0.3 is 11.9 Å². The van der Waals surface area contributed by atoms with Crippen LogP contribution in [0.4, 0.5) is 0 Å². The van der Waals surface area contributed by atoms with Crippen molar-refractivity contribution in [2.75, 3.05) is 13.2 Å². The molecule has 0 saturated heterocycles. The van der Waals surface area contributed by atoms with Crippen molar-refractivity contribution in [1.29, 1.82) is 0 Å². The molecule has 6 atom stereocenters. The first-order valence-corrected chi connectivity index (χ1v) is 14.5. The second-order valence-electron chi connectivity index (χ2n) is 12.7. The molecule has 0 aromatic carbocycles. The van der Waals surface area contributed by atoms with Crippen LogP contribution < -0.4 is 0 Å². The highest BCUT2D eigenvalue weighted by Gasteiger charge is 2.40. The van der Waals surface area contributed by atoms with Gasteiger partial charge in [0.2, 0.25) is 0 Å². The van der Waals surface area contributed by atoms with Gasteiger partial charge in [0.15, 0.2) is 0 Å². The summed E-state index contributed by atoms with van der Waals surface area (Å²) in [4.78, 5) is 24.6. The molecule has 2 fully saturated rings. The van der Waals surface area contributed by atoms with Crippen LogP contribution in [0.2, 0.25) is 0 Å². The molecule has 2 saturated carbocycles. The fourth-order valence-corrected chi connectivity index (χ4v) is 6.52. The summed E-state index contributed by atoms with van der Waals surface area (Å²) < 4.78 is 11.0. The van der Waals surface area contributed by atoms with E-state index in [0.717, 1.165) is 60.8 Å². The predicted molar refractivity (Wildman–Crippen MR) is 162 cm³/mol. The predicted octanol–water partition coefficient (Wildman–Crippen LogP) is 8.72. The van der Waals surface area contributed by atoms with Crippen LogP contribution >= 0.6 is 0 Å². The van der Waals surface area contributed by atoms with E-state index in [0.29, 0.717) is 30.1 Å². The zero-order valence-electron chi connectivity index (χ0n) is 25.1. The van der Waals surface area contributed by atoms with Crippen molar-refractivity contribution >= 4 is 11.9 Å². The molecule has 0 amide bonds. The Balaban J connectivity index is 1.68. The molecule has 2 aliphatic carbocycles. The van der Waals surface area contributed by atoms with Gasteiger partial charge in [0, 0.05) is 12.8 Å². The standard InChI is InChI=1S/C35H52O4/c1-11-34(9)18-16-28(20-30(34)24(3)4)26(7)22-38-32(36)14-13-15-33(37)39-23-27(8)29-17-19-35(10,12-2)31(21-29)25(5)6/h11-12,28-31H,1-3,5,7-8,13-23H2,4,6,9-10H3/t28-,29-,30+,31+,34-,35-/m1/s1. The van der Waals surface area contributed by atoms with E-state index in [1.807, 2.05) is 0 Å². The Labute approximate surface area is 238 Å². The maximum absolute atomic E-state index is 12.3. The minimum Gasteiger partial charge on any atom is -0.461 e. The molecule has 0 aromatic rings. The van der Waals surface area contributed by atoms with E-state index in [4.69, 9.17) is 9.47 Å². The summed E-state index contributed by atoms with van der Waals surface area (Å²) in [5.41, 5.74) is 4.32. The molecule has 2 rings (SSSR count). The summed E-state index contributed by atoms with van der Waals surface area (Å²) >= 11 is 0. The molecule has 0 heterocycles. The molecule has 216 valence electrons. The van der Waals surface area contributed by atoms with Crippen molar-refractivity contribution in [1.82, 2.24) is 0 Å². The third-order valence-electron chi connectivity index (χ3n) is 9.57. The monoisotopic (exact) mass is 536 g/mol. The van der Waals surface area contributed by atoms with Gasteiger partial charge < -0.3 is 9.47 Å². The van der Waals surface area contributed by atoms with E-state index < -0.39 is 0 Å². The number of ether oxygens (including phenoxy) is 2. The van der Waals surface area contributed by atoms with Gasteiger partial charge in [-0.05, 0) is 104 Å². The summed E-state index contributed by atoms with van der Waals surface area (Å²) in [5, 5.41) is 0. The highest BCUT2D eigenvalue weighted by atomic mass is 16.5. The fraction of sp³-hybridized carbons (Fsp3) is 0.600.